The monoisotopic (exact) mass is 378 g/mol. The fourth-order valence-electron chi connectivity index (χ4n) is 3.67. The molecule has 0 bridgehead atoms. The Balaban J connectivity index is 1.72. The number of carbonyl (C=O) groups is 1. The van der Waals surface area contributed by atoms with Gasteiger partial charge in [0, 0.05) is 31.1 Å². The van der Waals surface area contributed by atoms with Crippen molar-refractivity contribution in [3.8, 4) is 0 Å². The van der Waals surface area contributed by atoms with Crippen molar-refractivity contribution >= 4 is 21.8 Å². The first-order valence-electron chi connectivity index (χ1n) is 9.01. The zero-order chi connectivity index (χ0) is 18.9. The molecule has 1 saturated heterocycles. The molecule has 1 amide bonds. The van der Waals surface area contributed by atoms with E-state index in [-0.39, 0.29) is 29.3 Å². The highest BCUT2D eigenvalue weighted by Crippen LogP contribution is 2.25. The zero-order valence-electron chi connectivity index (χ0n) is 15.2. The predicted molar refractivity (Wildman–Crippen MR) is 100 cm³/mol. The molecule has 0 aromatic heterocycles. The number of amidine groups is 1. The van der Waals surface area contributed by atoms with Gasteiger partial charge in [-0.25, -0.2) is 8.42 Å². The second-order valence-corrected chi connectivity index (χ2v) is 8.89. The second kappa shape index (κ2) is 7.36. The quantitative estimate of drug-likeness (QED) is 0.818. The summed E-state index contributed by atoms with van der Waals surface area (Å²) in [7, 11) is -3.56. The first-order valence-corrected chi connectivity index (χ1v) is 10.5. The molecule has 2 heterocycles. The smallest absolute Gasteiger partial charge is 0.263 e. The molecule has 3 rings (SSSR count). The van der Waals surface area contributed by atoms with Crippen LogP contribution in [0.5, 0.6) is 0 Å². The fraction of sp³-hybridized carbons (Fsp3) is 0.556. The van der Waals surface area contributed by atoms with E-state index in [0.29, 0.717) is 23.9 Å². The van der Waals surface area contributed by atoms with Gasteiger partial charge in [-0.05, 0) is 37.8 Å². The third-order valence-corrected chi connectivity index (χ3v) is 6.45. The summed E-state index contributed by atoms with van der Waals surface area (Å²) in [6.45, 7) is 5.19. The molecule has 26 heavy (non-hydrogen) atoms. The zero-order valence-corrected chi connectivity index (χ0v) is 16.0. The number of nitrogens with one attached hydrogen (secondary N) is 1. The molecule has 7 nitrogen and oxygen atoms in total. The molecule has 1 aromatic carbocycles. The van der Waals surface area contributed by atoms with Gasteiger partial charge in [-0.2, -0.15) is 0 Å². The summed E-state index contributed by atoms with van der Waals surface area (Å²) in [5.41, 5.74) is 6.40. The Hall–Kier alpha value is -1.93. The number of likely N-dealkylation sites (tertiary alicyclic amines) is 1. The molecule has 2 aliphatic rings. The van der Waals surface area contributed by atoms with Crippen LogP contribution in [0.15, 0.2) is 34.2 Å². The Morgan fingerprint density at radius 3 is 2.88 bits per heavy atom. The molecule has 0 saturated carbocycles. The van der Waals surface area contributed by atoms with Crippen molar-refractivity contribution in [2.75, 3.05) is 13.1 Å². The van der Waals surface area contributed by atoms with E-state index in [0.717, 1.165) is 19.4 Å². The van der Waals surface area contributed by atoms with E-state index in [1.807, 2.05) is 11.8 Å². The van der Waals surface area contributed by atoms with E-state index in [9.17, 15) is 13.2 Å². The Morgan fingerprint density at radius 2 is 2.15 bits per heavy atom. The minimum atomic E-state index is -3.56. The topological polar surface area (TPSA) is 105 Å². The van der Waals surface area contributed by atoms with E-state index in [1.54, 1.807) is 24.3 Å². The third-order valence-electron chi connectivity index (χ3n) is 5.05. The summed E-state index contributed by atoms with van der Waals surface area (Å²) in [5, 5.41) is 0. The highest BCUT2D eigenvalue weighted by Gasteiger charge is 2.32. The molecule has 0 radical (unpaired) electrons. The van der Waals surface area contributed by atoms with Crippen LogP contribution in [0.1, 0.15) is 38.7 Å². The molecule has 3 unspecified atom stereocenters. The van der Waals surface area contributed by atoms with Crippen molar-refractivity contribution in [1.82, 2.24) is 9.62 Å². The van der Waals surface area contributed by atoms with Crippen LogP contribution in [-0.4, -0.2) is 50.2 Å². The number of carbonyl (C=O) groups excluding carboxylic acids is 1. The maximum atomic E-state index is 12.7. The summed E-state index contributed by atoms with van der Waals surface area (Å²) in [4.78, 5) is 19.2. The lowest BCUT2D eigenvalue weighted by atomic mass is 9.92. The lowest BCUT2D eigenvalue weighted by molar-refractivity contribution is -0.135. The van der Waals surface area contributed by atoms with E-state index < -0.39 is 10.0 Å². The molecular weight excluding hydrogens is 352 g/mol. The van der Waals surface area contributed by atoms with Crippen LogP contribution in [0.3, 0.4) is 0 Å². The molecule has 0 spiro atoms. The standard InChI is InChI=1S/C18H26N4O3S/c1-12-7-8-22(14(9-12)11-19)17(23)10-13(2)20-18-15-5-3-4-6-16(15)26(24,25)21-18/h3-6,12-14H,7-11,19H2,1-2H3,(H,20,21). The number of fused-ring (bicyclic) bond motifs is 1. The highest BCUT2D eigenvalue weighted by atomic mass is 32.2. The van der Waals surface area contributed by atoms with Gasteiger partial charge in [0.15, 0.2) is 0 Å². The predicted octanol–water partition coefficient (Wildman–Crippen LogP) is 1.09. The Kier molecular flexibility index (Phi) is 5.34. The van der Waals surface area contributed by atoms with Crippen LogP contribution in [0.2, 0.25) is 0 Å². The number of amides is 1. The normalized spacial score (nSPS) is 27.0. The lowest BCUT2D eigenvalue weighted by Gasteiger charge is -2.38. The highest BCUT2D eigenvalue weighted by molar-refractivity contribution is 7.90. The van der Waals surface area contributed by atoms with Gasteiger partial charge in [0.25, 0.3) is 10.0 Å². The number of sulfonamides is 1. The lowest BCUT2D eigenvalue weighted by Crippen LogP contribution is -2.49. The number of piperidine rings is 1. The van der Waals surface area contributed by atoms with Crippen LogP contribution in [0, 0.1) is 5.92 Å². The number of nitrogens with zero attached hydrogens (tertiary/aromatic N) is 2. The van der Waals surface area contributed by atoms with Crippen LogP contribution in [0.4, 0.5) is 0 Å². The molecule has 8 heteroatoms. The Labute approximate surface area is 154 Å². The summed E-state index contributed by atoms with van der Waals surface area (Å²) >= 11 is 0. The van der Waals surface area contributed by atoms with E-state index in [4.69, 9.17) is 5.73 Å². The van der Waals surface area contributed by atoms with Gasteiger partial charge in [0.05, 0.1) is 10.9 Å². The van der Waals surface area contributed by atoms with Gasteiger partial charge in [-0.1, -0.05) is 19.1 Å². The van der Waals surface area contributed by atoms with Crippen molar-refractivity contribution in [2.45, 2.75) is 50.1 Å². The first kappa shape index (κ1) is 18.8. The van der Waals surface area contributed by atoms with Gasteiger partial charge >= 0.3 is 0 Å². The average Bonchev–Trinajstić information content (AvgIpc) is 2.85. The van der Waals surface area contributed by atoms with Crippen LogP contribution in [0.25, 0.3) is 0 Å². The number of hydrogen-bond acceptors (Lipinski definition) is 5. The average molecular weight is 378 g/mol. The van der Waals surface area contributed by atoms with Crippen LogP contribution < -0.4 is 10.5 Å². The SMILES string of the molecule is CC1CCN(C(=O)CC(C)N=C2NS(=O)(=O)c3ccccc32)C(CN)C1. The van der Waals surface area contributed by atoms with Gasteiger partial charge in [0.2, 0.25) is 5.91 Å². The molecule has 1 aromatic rings. The summed E-state index contributed by atoms with van der Waals surface area (Å²) in [6, 6.07) is 6.47. The summed E-state index contributed by atoms with van der Waals surface area (Å²) in [5.74, 6) is 0.913. The van der Waals surface area contributed by atoms with E-state index in [1.165, 1.54) is 0 Å². The second-order valence-electron chi connectivity index (χ2n) is 7.24. The maximum Gasteiger partial charge on any atom is 0.263 e. The number of aliphatic imine (C=N–C) groups is 1. The number of hydrogen-bond donors (Lipinski definition) is 2. The van der Waals surface area contributed by atoms with E-state index in [2.05, 4.69) is 16.6 Å². The van der Waals surface area contributed by atoms with Gasteiger partial charge < -0.3 is 10.6 Å². The number of nitrogens with two attached hydrogens (primary N) is 1. The molecule has 3 N–H and O–H groups in total. The van der Waals surface area contributed by atoms with Crippen molar-refractivity contribution < 1.29 is 13.2 Å². The fourth-order valence-corrected chi connectivity index (χ4v) is 4.91. The molecular formula is C18H26N4O3S. The largest absolute Gasteiger partial charge is 0.338 e. The number of benzene rings is 1. The first-order chi connectivity index (χ1) is 12.3. The van der Waals surface area contributed by atoms with Gasteiger partial charge in [-0.3, -0.25) is 14.5 Å². The summed E-state index contributed by atoms with van der Waals surface area (Å²) in [6.07, 6.45) is 2.15. The Bertz CT molecular complexity index is 821. The molecule has 142 valence electrons. The third kappa shape index (κ3) is 3.76. The minimum absolute atomic E-state index is 0.0262. The Morgan fingerprint density at radius 1 is 1.42 bits per heavy atom. The summed E-state index contributed by atoms with van der Waals surface area (Å²) < 4.78 is 26.8. The van der Waals surface area contributed by atoms with Crippen molar-refractivity contribution in [1.29, 1.82) is 0 Å². The van der Waals surface area contributed by atoms with E-state index >= 15 is 0 Å². The van der Waals surface area contributed by atoms with Gasteiger partial charge in [-0.15, -0.1) is 0 Å². The molecule has 3 atom stereocenters. The minimum Gasteiger partial charge on any atom is -0.338 e. The molecule has 2 aliphatic heterocycles. The molecule has 0 aliphatic carbocycles. The van der Waals surface area contributed by atoms with Crippen LogP contribution >= 0.6 is 0 Å². The van der Waals surface area contributed by atoms with Crippen molar-refractivity contribution in [2.24, 2.45) is 16.6 Å². The van der Waals surface area contributed by atoms with Gasteiger partial charge in [0.1, 0.15) is 5.84 Å². The van der Waals surface area contributed by atoms with Crippen molar-refractivity contribution in [3.05, 3.63) is 29.8 Å². The molecule has 1 fully saturated rings. The van der Waals surface area contributed by atoms with Crippen molar-refractivity contribution in [3.63, 3.8) is 0 Å². The van der Waals surface area contributed by atoms with Crippen LogP contribution in [-0.2, 0) is 14.8 Å². The number of rotatable bonds is 4. The maximum absolute atomic E-state index is 12.7.